The van der Waals surface area contributed by atoms with Crippen LogP contribution in [0.25, 0.3) is 10.9 Å². The number of aryl methyl sites for hydroxylation is 1. The molecule has 1 fully saturated rings. The number of hydrogen-bond donors (Lipinski definition) is 1. The van der Waals surface area contributed by atoms with Crippen molar-refractivity contribution in [2.24, 2.45) is 0 Å². The summed E-state index contributed by atoms with van der Waals surface area (Å²) in [5.74, 6) is 1.42. The van der Waals surface area contributed by atoms with E-state index in [0.29, 0.717) is 54.3 Å². The number of aromatic nitrogens is 3. The van der Waals surface area contributed by atoms with Crippen LogP contribution in [0.2, 0.25) is 5.02 Å². The largest absolute Gasteiger partial charge is 0.497 e. The Hall–Kier alpha value is -3.85. The zero-order valence-corrected chi connectivity index (χ0v) is 21.0. The van der Waals surface area contributed by atoms with E-state index in [9.17, 15) is 0 Å². The van der Waals surface area contributed by atoms with Gasteiger partial charge in [-0.05, 0) is 31.2 Å². The van der Waals surface area contributed by atoms with Crippen LogP contribution in [0.4, 0.5) is 27.5 Å². The van der Waals surface area contributed by atoms with E-state index in [4.69, 9.17) is 21.1 Å². The molecule has 1 aliphatic rings. The number of pyridine rings is 1. The summed E-state index contributed by atoms with van der Waals surface area (Å²) < 4.78 is 25.8. The Morgan fingerprint density at radius 1 is 0.917 bits per heavy atom. The van der Waals surface area contributed by atoms with Crippen molar-refractivity contribution in [2.45, 2.75) is 6.92 Å². The van der Waals surface area contributed by atoms with Crippen molar-refractivity contribution in [1.29, 1.82) is 0 Å². The SMILES string of the molecule is COc1cc(Nc2nc(C)c(F)c(N3CCN(c4ccnc5cc(Cl)ccc45)CC3)n2)cc(OC)c1. The second-order valence-corrected chi connectivity index (χ2v) is 8.90. The van der Waals surface area contributed by atoms with E-state index in [0.717, 1.165) is 16.6 Å². The summed E-state index contributed by atoms with van der Waals surface area (Å²) >= 11 is 6.14. The van der Waals surface area contributed by atoms with Crippen molar-refractivity contribution >= 4 is 45.6 Å². The van der Waals surface area contributed by atoms with E-state index in [1.165, 1.54) is 0 Å². The van der Waals surface area contributed by atoms with Crippen molar-refractivity contribution in [3.8, 4) is 11.5 Å². The first-order chi connectivity index (χ1) is 17.4. The van der Waals surface area contributed by atoms with Crippen molar-refractivity contribution in [3.05, 3.63) is 65.2 Å². The number of nitrogens with one attached hydrogen (secondary N) is 1. The van der Waals surface area contributed by atoms with Gasteiger partial charge in [-0.2, -0.15) is 4.98 Å². The number of methoxy groups -OCH3 is 2. The zero-order chi connectivity index (χ0) is 25.2. The van der Waals surface area contributed by atoms with Gasteiger partial charge in [0.25, 0.3) is 0 Å². The maximum absolute atomic E-state index is 15.1. The molecule has 5 rings (SSSR count). The standard InChI is InChI=1S/C26H26ClFN6O2/c1-16-24(28)25(32-26(30-16)31-18-13-19(35-2)15-20(14-18)36-3)34-10-8-33(9-11-34)23-6-7-29-22-12-17(27)4-5-21(22)23/h4-7,12-15H,8-11H2,1-3H3,(H,30,31,32). The lowest BCUT2D eigenvalue weighted by molar-refractivity contribution is 0.395. The van der Waals surface area contributed by atoms with Crippen LogP contribution in [0.15, 0.2) is 48.7 Å². The molecule has 1 saturated heterocycles. The molecule has 0 spiro atoms. The number of ether oxygens (including phenoxy) is 2. The second-order valence-electron chi connectivity index (χ2n) is 8.46. The fourth-order valence-electron chi connectivity index (χ4n) is 4.36. The first kappa shape index (κ1) is 23.9. The maximum Gasteiger partial charge on any atom is 0.229 e. The molecular weight excluding hydrogens is 483 g/mol. The summed E-state index contributed by atoms with van der Waals surface area (Å²) in [5.41, 5.74) is 2.89. The Balaban J connectivity index is 1.36. The number of anilines is 4. The lowest BCUT2D eigenvalue weighted by Gasteiger charge is -2.37. The van der Waals surface area contributed by atoms with Crippen LogP contribution >= 0.6 is 11.6 Å². The lowest BCUT2D eigenvalue weighted by Crippen LogP contribution is -2.47. The summed E-state index contributed by atoms with van der Waals surface area (Å²) in [6.07, 6.45) is 1.79. The number of fused-ring (bicyclic) bond motifs is 1. The van der Waals surface area contributed by atoms with Gasteiger partial charge in [0.15, 0.2) is 11.6 Å². The van der Waals surface area contributed by atoms with Gasteiger partial charge in [0.05, 0.1) is 25.4 Å². The highest BCUT2D eigenvalue weighted by molar-refractivity contribution is 6.31. The molecule has 3 heterocycles. The van der Waals surface area contributed by atoms with Gasteiger partial charge < -0.3 is 24.6 Å². The Kier molecular flexibility index (Phi) is 6.65. The first-order valence-corrected chi connectivity index (χ1v) is 11.9. The van der Waals surface area contributed by atoms with Gasteiger partial charge in [-0.3, -0.25) is 4.98 Å². The Labute approximate surface area is 213 Å². The number of rotatable bonds is 6. The van der Waals surface area contributed by atoms with E-state index in [-0.39, 0.29) is 11.5 Å². The minimum atomic E-state index is -0.416. The molecule has 4 aromatic rings. The topological polar surface area (TPSA) is 75.6 Å². The third kappa shape index (κ3) is 4.79. The number of nitrogens with zero attached hydrogens (tertiary/aromatic N) is 5. The average molecular weight is 509 g/mol. The van der Waals surface area contributed by atoms with Crippen molar-refractivity contribution in [2.75, 3.05) is 55.5 Å². The molecule has 36 heavy (non-hydrogen) atoms. The van der Waals surface area contributed by atoms with Gasteiger partial charge in [-0.15, -0.1) is 0 Å². The molecule has 0 unspecified atom stereocenters. The van der Waals surface area contributed by atoms with Crippen LogP contribution in [0.3, 0.4) is 0 Å². The summed E-state index contributed by atoms with van der Waals surface area (Å²) in [6.45, 7) is 4.27. The van der Waals surface area contributed by atoms with Gasteiger partial charge in [-0.1, -0.05) is 11.6 Å². The van der Waals surface area contributed by atoms with Crippen LogP contribution in [-0.4, -0.2) is 55.4 Å². The minimum absolute atomic E-state index is 0.275. The van der Waals surface area contributed by atoms with E-state index in [1.54, 1.807) is 45.5 Å². The van der Waals surface area contributed by atoms with Crippen molar-refractivity contribution in [3.63, 3.8) is 0 Å². The first-order valence-electron chi connectivity index (χ1n) is 11.5. The Morgan fingerprint density at radius 3 is 2.31 bits per heavy atom. The normalized spacial score (nSPS) is 13.7. The maximum atomic E-state index is 15.1. The second kappa shape index (κ2) is 10.0. The van der Waals surface area contributed by atoms with Crippen LogP contribution < -0.4 is 24.6 Å². The molecule has 0 saturated carbocycles. The van der Waals surface area contributed by atoms with Crippen LogP contribution in [0, 0.1) is 12.7 Å². The quantitative estimate of drug-likeness (QED) is 0.380. The van der Waals surface area contributed by atoms with Gasteiger partial charge in [0.2, 0.25) is 5.95 Å². The predicted octanol–water partition coefficient (Wildman–Crippen LogP) is 5.21. The fraction of sp³-hybridized carbons (Fsp3) is 0.269. The molecule has 2 aromatic heterocycles. The number of benzene rings is 2. The van der Waals surface area contributed by atoms with E-state index in [2.05, 4.69) is 25.2 Å². The van der Waals surface area contributed by atoms with E-state index >= 15 is 4.39 Å². The Morgan fingerprint density at radius 2 is 1.61 bits per heavy atom. The highest BCUT2D eigenvalue weighted by Gasteiger charge is 2.24. The monoisotopic (exact) mass is 508 g/mol. The molecule has 0 bridgehead atoms. The molecule has 1 N–H and O–H groups in total. The molecule has 186 valence electrons. The number of piperazine rings is 1. The highest BCUT2D eigenvalue weighted by atomic mass is 35.5. The smallest absolute Gasteiger partial charge is 0.229 e. The summed E-state index contributed by atoms with van der Waals surface area (Å²) in [5, 5.41) is 4.85. The van der Waals surface area contributed by atoms with Crippen LogP contribution in [0.5, 0.6) is 11.5 Å². The minimum Gasteiger partial charge on any atom is -0.497 e. The Bertz CT molecular complexity index is 1390. The van der Waals surface area contributed by atoms with Gasteiger partial charge in [-0.25, -0.2) is 9.37 Å². The van der Waals surface area contributed by atoms with E-state index in [1.807, 2.05) is 29.2 Å². The number of halogens is 2. The fourth-order valence-corrected chi connectivity index (χ4v) is 4.53. The van der Waals surface area contributed by atoms with Crippen molar-refractivity contribution in [1.82, 2.24) is 15.0 Å². The molecule has 10 heteroatoms. The highest BCUT2D eigenvalue weighted by Crippen LogP contribution is 2.31. The summed E-state index contributed by atoms with van der Waals surface area (Å²) in [6, 6.07) is 13.1. The molecular formula is C26H26ClFN6O2. The predicted molar refractivity (Wildman–Crippen MR) is 141 cm³/mol. The van der Waals surface area contributed by atoms with Gasteiger partial charge >= 0.3 is 0 Å². The third-order valence-corrected chi connectivity index (χ3v) is 6.44. The van der Waals surface area contributed by atoms with Gasteiger partial charge in [0.1, 0.15) is 11.5 Å². The molecule has 0 amide bonds. The molecule has 0 radical (unpaired) electrons. The van der Waals surface area contributed by atoms with Crippen LogP contribution in [-0.2, 0) is 0 Å². The number of hydrogen-bond acceptors (Lipinski definition) is 8. The summed E-state index contributed by atoms with van der Waals surface area (Å²) in [4.78, 5) is 17.5. The molecule has 8 nitrogen and oxygen atoms in total. The average Bonchev–Trinajstić information content (AvgIpc) is 2.90. The summed E-state index contributed by atoms with van der Waals surface area (Å²) in [7, 11) is 3.16. The zero-order valence-electron chi connectivity index (χ0n) is 20.3. The van der Waals surface area contributed by atoms with Crippen molar-refractivity contribution < 1.29 is 13.9 Å². The lowest BCUT2D eigenvalue weighted by atomic mass is 10.1. The molecule has 2 aromatic carbocycles. The van der Waals surface area contributed by atoms with Gasteiger partial charge in [0, 0.05) is 72.4 Å². The van der Waals surface area contributed by atoms with Crippen LogP contribution in [0.1, 0.15) is 5.69 Å². The third-order valence-electron chi connectivity index (χ3n) is 6.21. The van der Waals surface area contributed by atoms with E-state index < -0.39 is 5.82 Å². The molecule has 0 atom stereocenters. The molecule has 0 aliphatic carbocycles. The molecule has 1 aliphatic heterocycles.